The molecule has 3 atom stereocenters. The summed E-state index contributed by atoms with van der Waals surface area (Å²) in [5.74, 6) is -1.93. The van der Waals surface area contributed by atoms with Crippen LogP contribution < -0.4 is 0 Å². The summed E-state index contributed by atoms with van der Waals surface area (Å²) >= 11 is 1.77. The molecule has 1 N–H and O–H groups in total. The van der Waals surface area contributed by atoms with E-state index in [9.17, 15) is 13.2 Å². The third-order valence-corrected chi connectivity index (χ3v) is 6.18. The van der Waals surface area contributed by atoms with Crippen molar-refractivity contribution in [2.24, 2.45) is 5.92 Å². The highest BCUT2D eigenvalue weighted by atomic mass is 32.1. The van der Waals surface area contributed by atoms with E-state index in [1.807, 2.05) is 5.51 Å². The summed E-state index contributed by atoms with van der Waals surface area (Å²) < 4.78 is 44.0. The number of nitrogens with zero attached hydrogens (tertiary/aromatic N) is 2. The predicted molar refractivity (Wildman–Crippen MR) is 96.2 cm³/mol. The first kappa shape index (κ1) is 21.5. The van der Waals surface area contributed by atoms with Gasteiger partial charge < -0.3 is 14.6 Å². The molecule has 0 radical (unpaired) electrons. The Balaban J connectivity index is 0.000000279. The van der Waals surface area contributed by atoms with Crippen molar-refractivity contribution in [1.29, 1.82) is 0 Å². The van der Waals surface area contributed by atoms with E-state index in [1.54, 1.807) is 11.3 Å². The monoisotopic (exact) mass is 422 g/mol. The standard InChI is InChI=1S/C16H24N2O2S.C2HF3O2/c1-11-15(21-10-17-11)8-18-7-14(20-9-12-4-5-12)16-13(18)3-2-6-19-16;3-2(4,5)1(6)7/h10,12-14,16H,2-9H2,1H3;(H,6,7)/t13-,14+,16+;/m1./s1. The number of aromatic nitrogens is 1. The molecule has 4 rings (SSSR count). The molecule has 28 heavy (non-hydrogen) atoms. The van der Waals surface area contributed by atoms with Crippen LogP contribution in [0.2, 0.25) is 0 Å². The van der Waals surface area contributed by atoms with Gasteiger partial charge in [0.15, 0.2) is 0 Å². The summed E-state index contributed by atoms with van der Waals surface area (Å²) in [6, 6.07) is 0.532. The Hall–Kier alpha value is -1.23. The van der Waals surface area contributed by atoms with Crippen LogP contribution in [0.15, 0.2) is 5.51 Å². The number of carboxylic acids is 1. The maximum atomic E-state index is 10.6. The molecule has 3 fully saturated rings. The maximum Gasteiger partial charge on any atom is 0.490 e. The summed E-state index contributed by atoms with van der Waals surface area (Å²) in [4.78, 5) is 17.2. The number of rotatable bonds is 5. The van der Waals surface area contributed by atoms with E-state index in [2.05, 4.69) is 16.8 Å². The van der Waals surface area contributed by atoms with Gasteiger partial charge in [-0.05, 0) is 38.5 Å². The molecule has 0 bridgehead atoms. The number of carboxylic acid groups (broad SMARTS) is 1. The Bertz CT molecular complexity index is 666. The molecule has 1 aliphatic carbocycles. The number of halogens is 3. The van der Waals surface area contributed by atoms with Crippen molar-refractivity contribution in [2.75, 3.05) is 19.8 Å². The Morgan fingerprint density at radius 1 is 1.43 bits per heavy atom. The third kappa shape index (κ3) is 5.65. The minimum absolute atomic E-state index is 0.268. The van der Waals surface area contributed by atoms with Crippen LogP contribution in [0, 0.1) is 12.8 Å². The van der Waals surface area contributed by atoms with Gasteiger partial charge >= 0.3 is 12.1 Å². The number of carbonyl (C=O) groups is 1. The van der Waals surface area contributed by atoms with E-state index < -0.39 is 12.1 Å². The summed E-state index contributed by atoms with van der Waals surface area (Å²) in [7, 11) is 0. The highest BCUT2D eigenvalue weighted by molar-refractivity contribution is 7.09. The van der Waals surface area contributed by atoms with Crippen molar-refractivity contribution in [3.05, 3.63) is 16.1 Å². The Kier molecular flexibility index (Phi) is 6.95. The van der Waals surface area contributed by atoms with Gasteiger partial charge in [0, 0.05) is 37.2 Å². The molecule has 10 heteroatoms. The first-order valence-corrected chi connectivity index (χ1v) is 10.3. The van der Waals surface area contributed by atoms with E-state index in [0.29, 0.717) is 6.04 Å². The maximum absolute atomic E-state index is 10.6. The average Bonchev–Trinajstić information content (AvgIpc) is 3.29. The number of hydrogen-bond donors (Lipinski definition) is 1. The van der Waals surface area contributed by atoms with Gasteiger partial charge in [0.2, 0.25) is 0 Å². The van der Waals surface area contributed by atoms with E-state index in [1.165, 1.54) is 36.3 Å². The van der Waals surface area contributed by atoms with Crippen LogP contribution in [0.1, 0.15) is 36.3 Å². The van der Waals surface area contributed by atoms with Crippen LogP contribution in [0.5, 0.6) is 0 Å². The van der Waals surface area contributed by atoms with Crippen LogP contribution >= 0.6 is 11.3 Å². The first-order valence-electron chi connectivity index (χ1n) is 9.42. The molecule has 0 spiro atoms. The van der Waals surface area contributed by atoms with E-state index >= 15 is 0 Å². The fourth-order valence-electron chi connectivity index (χ4n) is 3.54. The summed E-state index contributed by atoms with van der Waals surface area (Å²) in [6.45, 7) is 5.96. The quantitative estimate of drug-likeness (QED) is 0.786. The van der Waals surface area contributed by atoms with Crippen molar-refractivity contribution < 1.29 is 32.5 Å². The molecular weight excluding hydrogens is 397 g/mol. The van der Waals surface area contributed by atoms with Crippen LogP contribution in [-0.2, 0) is 20.8 Å². The second-order valence-corrected chi connectivity index (χ2v) is 8.39. The number of alkyl halides is 3. The normalized spacial score (nSPS) is 27.8. The number of ether oxygens (including phenoxy) is 2. The molecule has 1 aromatic rings. The van der Waals surface area contributed by atoms with Gasteiger partial charge in [-0.1, -0.05) is 0 Å². The number of aliphatic carboxylic acids is 1. The van der Waals surface area contributed by atoms with Gasteiger partial charge in [0.05, 0.1) is 17.3 Å². The molecule has 6 nitrogen and oxygen atoms in total. The minimum Gasteiger partial charge on any atom is -0.475 e. The van der Waals surface area contributed by atoms with Crippen molar-refractivity contribution >= 4 is 17.3 Å². The molecule has 0 aromatic carbocycles. The zero-order valence-electron chi connectivity index (χ0n) is 15.7. The number of hydrogen-bond acceptors (Lipinski definition) is 6. The van der Waals surface area contributed by atoms with Crippen LogP contribution in [0.25, 0.3) is 0 Å². The molecule has 158 valence electrons. The largest absolute Gasteiger partial charge is 0.490 e. The topological polar surface area (TPSA) is 71.9 Å². The molecule has 2 aliphatic heterocycles. The molecular formula is C18H25F3N2O4S. The predicted octanol–water partition coefficient (Wildman–Crippen LogP) is 3.24. The van der Waals surface area contributed by atoms with Crippen LogP contribution in [0.3, 0.4) is 0 Å². The molecule has 1 saturated carbocycles. The number of aryl methyl sites for hydroxylation is 1. The van der Waals surface area contributed by atoms with Crippen LogP contribution in [0.4, 0.5) is 13.2 Å². The van der Waals surface area contributed by atoms with Gasteiger partial charge in [-0.2, -0.15) is 13.2 Å². The fourth-order valence-corrected chi connectivity index (χ4v) is 4.34. The molecule has 2 saturated heterocycles. The molecule has 0 amide bonds. The van der Waals surface area contributed by atoms with Gasteiger partial charge in [-0.3, -0.25) is 4.90 Å². The lowest BCUT2D eigenvalue weighted by Gasteiger charge is -2.32. The smallest absolute Gasteiger partial charge is 0.475 e. The fraction of sp³-hybridized carbons (Fsp3) is 0.778. The van der Waals surface area contributed by atoms with Crippen molar-refractivity contribution in [2.45, 2.75) is 63.6 Å². The zero-order valence-corrected chi connectivity index (χ0v) is 16.5. The van der Waals surface area contributed by atoms with Crippen molar-refractivity contribution in [3.8, 4) is 0 Å². The molecule has 3 heterocycles. The number of thiazole rings is 1. The van der Waals surface area contributed by atoms with Crippen molar-refractivity contribution in [3.63, 3.8) is 0 Å². The van der Waals surface area contributed by atoms with E-state index in [-0.39, 0.29) is 12.2 Å². The van der Waals surface area contributed by atoms with Gasteiger partial charge in [-0.15, -0.1) is 11.3 Å². The SMILES string of the molecule is Cc1ncsc1CN1C[C@H](OCC2CC2)[C@H]2OCCC[C@H]21.O=C(O)C(F)(F)F. The lowest BCUT2D eigenvalue weighted by atomic mass is 10.0. The lowest BCUT2D eigenvalue weighted by molar-refractivity contribution is -0.192. The zero-order chi connectivity index (χ0) is 20.3. The van der Waals surface area contributed by atoms with E-state index in [0.717, 1.165) is 32.2 Å². The summed E-state index contributed by atoms with van der Waals surface area (Å²) in [5, 5.41) is 7.12. The van der Waals surface area contributed by atoms with Gasteiger partial charge in [-0.25, -0.2) is 9.78 Å². The second-order valence-electron chi connectivity index (χ2n) is 7.45. The van der Waals surface area contributed by atoms with Crippen molar-refractivity contribution in [1.82, 2.24) is 9.88 Å². The molecule has 1 aromatic heterocycles. The first-order chi connectivity index (χ1) is 13.3. The molecule has 0 unspecified atom stereocenters. The number of likely N-dealkylation sites (tertiary alicyclic amines) is 1. The Morgan fingerprint density at radius 3 is 2.71 bits per heavy atom. The lowest BCUT2D eigenvalue weighted by Crippen LogP contribution is -2.41. The third-order valence-electron chi connectivity index (χ3n) is 5.26. The Labute approximate surface area is 165 Å². The number of fused-ring (bicyclic) bond motifs is 1. The van der Waals surface area contributed by atoms with Crippen LogP contribution in [-0.4, -0.2) is 65.1 Å². The van der Waals surface area contributed by atoms with Gasteiger partial charge in [0.25, 0.3) is 0 Å². The highest BCUT2D eigenvalue weighted by Crippen LogP contribution is 2.35. The minimum atomic E-state index is -5.08. The van der Waals surface area contributed by atoms with E-state index in [4.69, 9.17) is 19.4 Å². The molecule has 3 aliphatic rings. The van der Waals surface area contributed by atoms with Gasteiger partial charge in [0.1, 0.15) is 6.10 Å². The summed E-state index contributed by atoms with van der Waals surface area (Å²) in [6.07, 6.45) is 0.590. The summed E-state index contributed by atoms with van der Waals surface area (Å²) in [5.41, 5.74) is 3.13. The second kappa shape index (κ2) is 9.06. The average molecular weight is 422 g/mol. The highest BCUT2D eigenvalue weighted by Gasteiger charge is 2.45. The Morgan fingerprint density at radius 2 is 2.14 bits per heavy atom.